The van der Waals surface area contributed by atoms with Crippen molar-refractivity contribution in [2.75, 3.05) is 6.54 Å². The Labute approximate surface area is 159 Å². The quantitative estimate of drug-likeness (QED) is 0.661. The van der Waals surface area contributed by atoms with E-state index in [0.717, 1.165) is 35.2 Å². The fourth-order valence-corrected chi connectivity index (χ4v) is 3.35. The van der Waals surface area contributed by atoms with Gasteiger partial charge in [-0.25, -0.2) is 9.97 Å². The van der Waals surface area contributed by atoms with Crippen LogP contribution in [0.5, 0.6) is 0 Å². The Kier molecular flexibility index (Phi) is 4.58. The maximum absolute atomic E-state index is 12.8. The zero-order valence-corrected chi connectivity index (χ0v) is 14.8. The number of amides is 1. The van der Waals surface area contributed by atoms with Gasteiger partial charge in [0.25, 0.3) is 5.91 Å². The van der Waals surface area contributed by atoms with E-state index in [1.54, 1.807) is 4.90 Å². The molecule has 0 atom stereocenters. The van der Waals surface area contributed by atoms with Gasteiger partial charge in [-0.3, -0.25) is 4.79 Å². The first-order valence-electron chi connectivity index (χ1n) is 8.75. The number of benzene rings is 2. The van der Waals surface area contributed by atoms with Gasteiger partial charge in [0.1, 0.15) is 6.33 Å². The monoisotopic (exact) mass is 383 g/mol. The minimum absolute atomic E-state index is 0.133. The van der Waals surface area contributed by atoms with Crippen LogP contribution in [0.3, 0.4) is 0 Å². The van der Waals surface area contributed by atoms with Gasteiger partial charge in [0.2, 0.25) is 0 Å². The van der Waals surface area contributed by atoms with Crippen LogP contribution >= 0.6 is 0 Å². The molecule has 2 aromatic carbocycles. The largest absolute Gasteiger partial charge is 0.416 e. The van der Waals surface area contributed by atoms with E-state index in [9.17, 15) is 18.0 Å². The predicted molar refractivity (Wildman–Crippen MR) is 97.4 cm³/mol. The number of fused-ring (bicyclic) bond motifs is 1. The third-order valence-corrected chi connectivity index (χ3v) is 4.86. The van der Waals surface area contributed by atoms with Crippen LogP contribution in [0.4, 0.5) is 13.2 Å². The molecule has 142 valence electrons. The molecular formula is C21H16F3N3O. The van der Waals surface area contributed by atoms with Gasteiger partial charge in [-0.1, -0.05) is 24.3 Å². The molecule has 7 heteroatoms. The Morgan fingerprint density at radius 1 is 0.929 bits per heavy atom. The summed E-state index contributed by atoms with van der Waals surface area (Å²) < 4.78 is 38.3. The van der Waals surface area contributed by atoms with E-state index >= 15 is 0 Å². The van der Waals surface area contributed by atoms with Crippen LogP contribution in [0.15, 0.2) is 61.2 Å². The summed E-state index contributed by atoms with van der Waals surface area (Å²) in [6.45, 7) is 1.04. The van der Waals surface area contributed by atoms with Crippen LogP contribution in [0.1, 0.15) is 27.0 Å². The zero-order chi connectivity index (χ0) is 19.7. The molecule has 0 fully saturated rings. The fourth-order valence-electron chi connectivity index (χ4n) is 3.35. The van der Waals surface area contributed by atoms with Gasteiger partial charge in [0.15, 0.2) is 0 Å². The van der Waals surface area contributed by atoms with Crippen molar-refractivity contribution in [2.45, 2.75) is 19.1 Å². The van der Waals surface area contributed by atoms with E-state index < -0.39 is 11.7 Å². The summed E-state index contributed by atoms with van der Waals surface area (Å²) in [7, 11) is 0. The van der Waals surface area contributed by atoms with Crippen molar-refractivity contribution >= 4 is 5.91 Å². The highest BCUT2D eigenvalue weighted by molar-refractivity contribution is 5.93. The molecule has 0 bridgehead atoms. The van der Waals surface area contributed by atoms with Crippen molar-refractivity contribution in [1.82, 2.24) is 14.9 Å². The lowest BCUT2D eigenvalue weighted by Crippen LogP contribution is -2.36. The Hall–Kier alpha value is -3.22. The average Bonchev–Trinajstić information content (AvgIpc) is 2.72. The third-order valence-electron chi connectivity index (χ3n) is 4.86. The molecule has 0 aliphatic carbocycles. The molecule has 0 saturated carbocycles. The molecule has 1 aromatic heterocycles. The minimum Gasteiger partial charge on any atom is -0.334 e. The fraction of sp³-hybridized carbons (Fsp3) is 0.190. The van der Waals surface area contributed by atoms with Crippen LogP contribution in [-0.4, -0.2) is 27.3 Å². The standard InChI is InChI=1S/C21H16F3N3O/c22-21(23,24)19-5-3-14(4-6-19)16-2-1-15-7-8-27(12-17(15)9-16)20(28)18-10-25-13-26-11-18/h1-6,9-11,13H,7-8,12H2. The summed E-state index contributed by atoms with van der Waals surface area (Å²) in [5.41, 5.74) is 3.43. The van der Waals surface area contributed by atoms with Gasteiger partial charge in [-0.2, -0.15) is 13.2 Å². The molecule has 1 aliphatic heterocycles. The molecule has 28 heavy (non-hydrogen) atoms. The van der Waals surface area contributed by atoms with Gasteiger partial charge >= 0.3 is 6.18 Å². The van der Waals surface area contributed by atoms with Crippen molar-refractivity contribution in [3.8, 4) is 11.1 Å². The molecule has 1 amide bonds. The van der Waals surface area contributed by atoms with Gasteiger partial charge < -0.3 is 4.90 Å². The number of halogens is 3. The van der Waals surface area contributed by atoms with Gasteiger partial charge in [-0.05, 0) is 46.9 Å². The molecule has 4 rings (SSSR count). The molecule has 0 spiro atoms. The summed E-state index contributed by atoms with van der Waals surface area (Å²) in [5, 5.41) is 0. The predicted octanol–water partition coefficient (Wildman–Crippen LogP) is 4.36. The Balaban J connectivity index is 1.58. The molecule has 0 saturated heterocycles. The smallest absolute Gasteiger partial charge is 0.334 e. The third kappa shape index (κ3) is 3.60. The van der Waals surface area contributed by atoms with Crippen molar-refractivity contribution < 1.29 is 18.0 Å². The summed E-state index contributed by atoms with van der Waals surface area (Å²) in [6.07, 6.45) is 0.726. The molecule has 2 heterocycles. The van der Waals surface area contributed by atoms with Crippen LogP contribution in [-0.2, 0) is 19.1 Å². The highest BCUT2D eigenvalue weighted by Crippen LogP contribution is 2.32. The Morgan fingerprint density at radius 2 is 1.61 bits per heavy atom. The van der Waals surface area contributed by atoms with Gasteiger partial charge in [0, 0.05) is 25.5 Å². The van der Waals surface area contributed by atoms with Crippen molar-refractivity contribution in [2.24, 2.45) is 0 Å². The number of carbonyl (C=O) groups is 1. The van der Waals surface area contributed by atoms with E-state index in [0.29, 0.717) is 24.2 Å². The molecule has 3 aromatic rings. The van der Waals surface area contributed by atoms with Crippen LogP contribution in [0, 0.1) is 0 Å². The zero-order valence-electron chi connectivity index (χ0n) is 14.8. The van der Waals surface area contributed by atoms with Crippen LogP contribution in [0.2, 0.25) is 0 Å². The number of alkyl halides is 3. The second-order valence-corrected chi connectivity index (χ2v) is 6.66. The molecule has 4 nitrogen and oxygen atoms in total. The maximum Gasteiger partial charge on any atom is 0.416 e. The molecule has 0 unspecified atom stereocenters. The summed E-state index contributed by atoms with van der Waals surface area (Å²) >= 11 is 0. The summed E-state index contributed by atoms with van der Waals surface area (Å²) in [4.78, 5) is 22.1. The maximum atomic E-state index is 12.8. The number of rotatable bonds is 2. The average molecular weight is 383 g/mol. The normalized spacial score (nSPS) is 13.9. The number of hydrogen-bond donors (Lipinski definition) is 0. The van der Waals surface area contributed by atoms with Gasteiger partial charge in [-0.15, -0.1) is 0 Å². The van der Waals surface area contributed by atoms with Gasteiger partial charge in [0.05, 0.1) is 11.1 Å². The number of hydrogen-bond acceptors (Lipinski definition) is 3. The Bertz CT molecular complexity index is 1000. The highest BCUT2D eigenvalue weighted by Gasteiger charge is 2.30. The first kappa shape index (κ1) is 18.2. The molecular weight excluding hydrogens is 367 g/mol. The molecule has 0 N–H and O–H groups in total. The second-order valence-electron chi connectivity index (χ2n) is 6.66. The lowest BCUT2D eigenvalue weighted by atomic mass is 9.94. The van der Waals surface area contributed by atoms with Crippen molar-refractivity contribution in [3.05, 3.63) is 83.4 Å². The first-order valence-corrected chi connectivity index (χ1v) is 8.75. The Morgan fingerprint density at radius 3 is 2.29 bits per heavy atom. The lowest BCUT2D eigenvalue weighted by molar-refractivity contribution is -0.137. The second kappa shape index (κ2) is 7.07. The van der Waals surface area contributed by atoms with E-state index in [-0.39, 0.29) is 5.91 Å². The SMILES string of the molecule is O=C(c1cncnc1)N1CCc2ccc(-c3ccc(C(F)(F)F)cc3)cc2C1. The lowest BCUT2D eigenvalue weighted by Gasteiger charge is -2.29. The van der Waals surface area contributed by atoms with Crippen molar-refractivity contribution in [3.63, 3.8) is 0 Å². The first-order chi connectivity index (χ1) is 13.4. The minimum atomic E-state index is -4.35. The van der Waals surface area contributed by atoms with E-state index in [2.05, 4.69) is 9.97 Å². The highest BCUT2D eigenvalue weighted by atomic mass is 19.4. The summed E-state index contributed by atoms with van der Waals surface area (Å²) in [5.74, 6) is -0.133. The summed E-state index contributed by atoms with van der Waals surface area (Å²) in [6, 6.07) is 10.9. The molecule has 0 radical (unpaired) electrons. The molecule has 1 aliphatic rings. The number of carbonyl (C=O) groups excluding carboxylic acids is 1. The van der Waals surface area contributed by atoms with E-state index in [1.165, 1.54) is 30.9 Å². The van der Waals surface area contributed by atoms with Crippen LogP contribution < -0.4 is 0 Å². The van der Waals surface area contributed by atoms with Crippen LogP contribution in [0.25, 0.3) is 11.1 Å². The topological polar surface area (TPSA) is 46.1 Å². The van der Waals surface area contributed by atoms with E-state index in [1.807, 2.05) is 18.2 Å². The van der Waals surface area contributed by atoms with Crippen molar-refractivity contribution in [1.29, 1.82) is 0 Å². The number of nitrogens with zero attached hydrogens (tertiary/aromatic N) is 3. The number of aromatic nitrogens is 2. The van der Waals surface area contributed by atoms with E-state index in [4.69, 9.17) is 0 Å².